The van der Waals surface area contributed by atoms with E-state index in [1.165, 1.54) is 18.0 Å². The second-order valence-corrected chi connectivity index (χ2v) is 6.47. The Kier molecular flexibility index (Phi) is 6.88. The van der Waals surface area contributed by atoms with Gasteiger partial charge in [0.2, 0.25) is 11.8 Å². The lowest BCUT2D eigenvalue weighted by Crippen LogP contribution is -2.33. The molecule has 130 valence electrons. The lowest BCUT2D eigenvalue weighted by atomic mass is 10.2. The lowest BCUT2D eigenvalue weighted by molar-refractivity contribution is -0.129. The van der Waals surface area contributed by atoms with Crippen LogP contribution in [0.1, 0.15) is 5.56 Å². The number of amides is 2. The average molecular weight is 398 g/mol. The molecule has 0 aliphatic heterocycles. The van der Waals surface area contributed by atoms with E-state index >= 15 is 0 Å². The minimum atomic E-state index is -0.345. The van der Waals surface area contributed by atoms with Crippen LogP contribution in [0.2, 0.25) is 15.1 Å². The van der Waals surface area contributed by atoms with Crippen molar-refractivity contribution in [2.75, 3.05) is 18.9 Å². The van der Waals surface area contributed by atoms with Crippen LogP contribution in [0.3, 0.4) is 0 Å². The van der Waals surface area contributed by atoms with E-state index < -0.39 is 0 Å². The van der Waals surface area contributed by atoms with Gasteiger partial charge in [-0.25, -0.2) is 0 Å². The van der Waals surface area contributed by atoms with Gasteiger partial charge in [0.1, 0.15) is 0 Å². The fourth-order valence-corrected chi connectivity index (χ4v) is 2.63. The number of nitrogens with zero attached hydrogens (tertiary/aromatic N) is 1. The number of rotatable bonds is 5. The highest BCUT2D eigenvalue weighted by Crippen LogP contribution is 2.22. The maximum Gasteiger partial charge on any atom is 0.246 e. The summed E-state index contributed by atoms with van der Waals surface area (Å²) in [6.45, 7) is -0.108. The van der Waals surface area contributed by atoms with Crippen molar-refractivity contribution in [2.24, 2.45) is 0 Å². The van der Waals surface area contributed by atoms with Crippen LogP contribution < -0.4 is 5.32 Å². The fourth-order valence-electron chi connectivity index (χ4n) is 1.97. The molecule has 2 amide bonds. The van der Waals surface area contributed by atoms with Crippen molar-refractivity contribution >= 4 is 58.4 Å². The molecular formula is C18H15Cl3N2O2. The topological polar surface area (TPSA) is 49.4 Å². The first kappa shape index (κ1) is 19.3. The van der Waals surface area contributed by atoms with Gasteiger partial charge in [-0.2, -0.15) is 0 Å². The third kappa shape index (κ3) is 5.78. The Morgan fingerprint density at radius 3 is 2.48 bits per heavy atom. The highest BCUT2D eigenvalue weighted by molar-refractivity contribution is 6.35. The van der Waals surface area contributed by atoms with Crippen LogP contribution in [0.5, 0.6) is 0 Å². The molecule has 0 unspecified atom stereocenters. The first-order chi connectivity index (χ1) is 11.9. The minimum Gasteiger partial charge on any atom is -0.333 e. The monoisotopic (exact) mass is 396 g/mol. The molecule has 2 aromatic carbocycles. The van der Waals surface area contributed by atoms with Crippen LogP contribution in [-0.2, 0) is 9.59 Å². The number of nitrogens with one attached hydrogen (secondary N) is 1. The van der Waals surface area contributed by atoms with E-state index in [2.05, 4.69) is 5.32 Å². The number of likely N-dealkylation sites (N-methyl/N-ethyl adjacent to an activating group) is 1. The Labute approximate surface area is 161 Å². The van der Waals surface area contributed by atoms with Crippen LogP contribution in [-0.4, -0.2) is 30.3 Å². The molecule has 2 rings (SSSR count). The molecule has 0 spiro atoms. The summed E-state index contributed by atoms with van der Waals surface area (Å²) in [6, 6.07) is 11.9. The maximum atomic E-state index is 12.1. The number of hydrogen-bond donors (Lipinski definition) is 1. The van der Waals surface area contributed by atoms with Gasteiger partial charge >= 0.3 is 0 Å². The third-order valence-corrected chi connectivity index (χ3v) is 4.16. The van der Waals surface area contributed by atoms with Crippen LogP contribution >= 0.6 is 34.8 Å². The molecule has 0 aromatic heterocycles. The molecule has 0 bridgehead atoms. The molecule has 0 radical (unpaired) electrons. The summed E-state index contributed by atoms with van der Waals surface area (Å²) in [4.78, 5) is 25.4. The van der Waals surface area contributed by atoms with E-state index in [0.29, 0.717) is 26.3 Å². The summed E-state index contributed by atoms with van der Waals surface area (Å²) < 4.78 is 0. The normalized spacial score (nSPS) is 10.7. The molecule has 0 saturated carbocycles. The largest absolute Gasteiger partial charge is 0.333 e. The Morgan fingerprint density at radius 2 is 1.80 bits per heavy atom. The molecule has 1 N–H and O–H groups in total. The van der Waals surface area contributed by atoms with Gasteiger partial charge in [0.05, 0.1) is 17.3 Å². The summed E-state index contributed by atoms with van der Waals surface area (Å²) in [5.74, 6) is -0.679. The number of carbonyl (C=O) groups is 2. The third-order valence-electron chi connectivity index (χ3n) is 3.27. The van der Waals surface area contributed by atoms with E-state index in [1.807, 2.05) is 0 Å². The van der Waals surface area contributed by atoms with Crippen molar-refractivity contribution < 1.29 is 9.59 Å². The van der Waals surface area contributed by atoms with E-state index in [9.17, 15) is 9.59 Å². The van der Waals surface area contributed by atoms with Gasteiger partial charge in [0.25, 0.3) is 0 Å². The van der Waals surface area contributed by atoms with Crippen LogP contribution in [0, 0.1) is 0 Å². The highest BCUT2D eigenvalue weighted by Gasteiger charge is 2.12. The molecule has 0 aliphatic rings. The number of halogens is 3. The van der Waals surface area contributed by atoms with Crippen LogP contribution in [0.25, 0.3) is 6.08 Å². The lowest BCUT2D eigenvalue weighted by Gasteiger charge is -2.15. The zero-order valence-electron chi connectivity index (χ0n) is 13.3. The van der Waals surface area contributed by atoms with Gasteiger partial charge in [-0.3, -0.25) is 9.59 Å². The van der Waals surface area contributed by atoms with E-state index in [4.69, 9.17) is 34.8 Å². The van der Waals surface area contributed by atoms with Crippen molar-refractivity contribution in [3.05, 3.63) is 69.2 Å². The first-order valence-corrected chi connectivity index (χ1v) is 8.43. The predicted octanol–water partition coefficient (Wildman–Crippen LogP) is 4.76. The number of hydrogen-bond acceptors (Lipinski definition) is 2. The number of carbonyl (C=O) groups excluding carboxylic acids is 2. The van der Waals surface area contributed by atoms with Crippen molar-refractivity contribution in [3.63, 3.8) is 0 Å². The Hall–Kier alpha value is -2.01. The smallest absolute Gasteiger partial charge is 0.246 e. The van der Waals surface area contributed by atoms with Gasteiger partial charge in [0.15, 0.2) is 0 Å². The highest BCUT2D eigenvalue weighted by atomic mass is 35.5. The molecule has 0 aliphatic carbocycles. The summed E-state index contributed by atoms with van der Waals surface area (Å²) in [6.07, 6.45) is 2.92. The van der Waals surface area contributed by atoms with Crippen molar-refractivity contribution in [1.82, 2.24) is 4.90 Å². The average Bonchev–Trinajstić information content (AvgIpc) is 2.55. The SMILES string of the molecule is CN(CC(=O)Nc1ccccc1Cl)C(=O)/C=C/c1ccc(Cl)cc1Cl. The van der Waals surface area contributed by atoms with Crippen LogP contribution in [0.4, 0.5) is 5.69 Å². The van der Waals surface area contributed by atoms with Gasteiger partial charge in [-0.05, 0) is 35.9 Å². The fraction of sp³-hybridized carbons (Fsp3) is 0.111. The van der Waals surface area contributed by atoms with Gasteiger partial charge in [-0.1, -0.05) is 53.0 Å². The Morgan fingerprint density at radius 1 is 1.08 bits per heavy atom. The first-order valence-electron chi connectivity index (χ1n) is 7.29. The molecule has 0 fully saturated rings. The number of para-hydroxylation sites is 1. The Bertz CT molecular complexity index is 822. The zero-order chi connectivity index (χ0) is 18.4. The van der Waals surface area contributed by atoms with E-state index in [-0.39, 0.29) is 18.4 Å². The summed E-state index contributed by atoms with van der Waals surface area (Å²) >= 11 is 17.9. The quantitative estimate of drug-likeness (QED) is 0.740. The van der Waals surface area contributed by atoms with Crippen molar-refractivity contribution in [3.8, 4) is 0 Å². The second-order valence-electron chi connectivity index (χ2n) is 5.22. The minimum absolute atomic E-state index is 0.108. The molecule has 0 saturated heterocycles. The van der Waals surface area contributed by atoms with E-state index in [0.717, 1.165) is 0 Å². The number of benzene rings is 2. The van der Waals surface area contributed by atoms with Crippen molar-refractivity contribution in [1.29, 1.82) is 0 Å². The standard InChI is InChI=1S/C18H15Cl3N2O2/c1-23(11-17(24)22-16-5-3-2-4-14(16)20)18(25)9-7-12-6-8-13(19)10-15(12)21/h2-10H,11H2,1H3,(H,22,24)/b9-7+. The molecule has 25 heavy (non-hydrogen) atoms. The van der Waals surface area contributed by atoms with Gasteiger partial charge in [0, 0.05) is 23.2 Å². The van der Waals surface area contributed by atoms with Gasteiger partial charge < -0.3 is 10.2 Å². The van der Waals surface area contributed by atoms with E-state index in [1.54, 1.807) is 48.5 Å². The molecular weight excluding hydrogens is 383 g/mol. The zero-order valence-corrected chi connectivity index (χ0v) is 15.6. The molecule has 0 atom stereocenters. The number of anilines is 1. The summed E-state index contributed by atoms with van der Waals surface area (Å²) in [7, 11) is 1.53. The second kappa shape index (κ2) is 8.90. The van der Waals surface area contributed by atoms with Gasteiger partial charge in [-0.15, -0.1) is 0 Å². The molecule has 0 heterocycles. The Balaban J connectivity index is 1.94. The molecule has 7 heteroatoms. The summed E-state index contributed by atoms with van der Waals surface area (Å²) in [5, 5.41) is 4.05. The van der Waals surface area contributed by atoms with Crippen LogP contribution in [0.15, 0.2) is 48.5 Å². The molecule has 2 aromatic rings. The summed E-state index contributed by atoms with van der Waals surface area (Å²) in [5.41, 5.74) is 1.16. The predicted molar refractivity (Wildman–Crippen MR) is 103 cm³/mol. The molecule has 4 nitrogen and oxygen atoms in total. The maximum absolute atomic E-state index is 12.1. The van der Waals surface area contributed by atoms with Crippen molar-refractivity contribution in [2.45, 2.75) is 0 Å².